The minimum atomic E-state index is 0.591. The molecule has 26 heavy (non-hydrogen) atoms. The molecule has 1 saturated heterocycles. The van der Waals surface area contributed by atoms with Crippen LogP contribution in [-0.4, -0.2) is 51.4 Å². The molecule has 0 saturated carbocycles. The zero-order valence-corrected chi connectivity index (χ0v) is 15.7. The molecule has 0 aliphatic carbocycles. The molecule has 0 amide bonds. The number of hydrogen-bond donors (Lipinski definition) is 0. The summed E-state index contributed by atoms with van der Waals surface area (Å²) in [6.07, 6.45) is 2.58. The lowest BCUT2D eigenvalue weighted by atomic mass is 10.0. The van der Waals surface area contributed by atoms with E-state index in [1.807, 2.05) is 6.92 Å². The SMILES string of the molecule is CCc1nnc(N2CCCN(Cc3noc(C)n3)CC2)c(C#N)c1CC. The van der Waals surface area contributed by atoms with Crippen LogP contribution in [0.3, 0.4) is 0 Å². The Morgan fingerprint density at radius 2 is 1.96 bits per heavy atom. The zero-order valence-electron chi connectivity index (χ0n) is 15.7. The average Bonchev–Trinajstić information content (AvgIpc) is 2.92. The van der Waals surface area contributed by atoms with Gasteiger partial charge < -0.3 is 9.42 Å². The normalized spacial score (nSPS) is 15.7. The summed E-state index contributed by atoms with van der Waals surface area (Å²) >= 11 is 0. The molecule has 138 valence electrons. The molecule has 2 aromatic heterocycles. The van der Waals surface area contributed by atoms with Crippen molar-refractivity contribution in [1.29, 1.82) is 5.26 Å². The van der Waals surface area contributed by atoms with Crippen molar-refractivity contribution in [3.05, 3.63) is 28.5 Å². The predicted octanol–water partition coefficient (Wildman–Crippen LogP) is 1.88. The summed E-state index contributed by atoms with van der Waals surface area (Å²) in [5.41, 5.74) is 2.64. The van der Waals surface area contributed by atoms with Gasteiger partial charge in [0.25, 0.3) is 0 Å². The van der Waals surface area contributed by atoms with E-state index in [-0.39, 0.29) is 0 Å². The average molecular weight is 355 g/mol. The van der Waals surface area contributed by atoms with Gasteiger partial charge in [-0.25, -0.2) is 0 Å². The number of aryl methyl sites for hydroxylation is 2. The molecule has 0 radical (unpaired) electrons. The van der Waals surface area contributed by atoms with Gasteiger partial charge in [0.15, 0.2) is 11.6 Å². The predicted molar refractivity (Wildman–Crippen MR) is 96.6 cm³/mol. The molecule has 0 unspecified atom stereocenters. The third-order valence-corrected chi connectivity index (χ3v) is 4.76. The maximum Gasteiger partial charge on any atom is 0.223 e. The van der Waals surface area contributed by atoms with E-state index < -0.39 is 0 Å². The minimum Gasteiger partial charge on any atom is -0.353 e. The lowest BCUT2D eigenvalue weighted by molar-refractivity contribution is 0.272. The Hall–Kier alpha value is -2.53. The van der Waals surface area contributed by atoms with E-state index >= 15 is 0 Å². The summed E-state index contributed by atoms with van der Waals surface area (Å²) in [4.78, 5) is 8.78. The first-order valence-electron chi connectivity index (χ1n) is 9.21. The van der Waals surface area contributed by atoms with Crippen molar-refractivity contribution >= 4 is 5.82 Å². The van der Waals surface area contributed by atoms with E-state index in [0.717, 1.165) is 62.5 Å². The van der Waals surface area contributed by atoms with Crippen molar-refractivity contribution in [2.24, 2.45) is 0 Å². The molecule has 8 nitrogen and oxygen atoms in total. The fourth-order valence-electron chi connectivity index (χ4n) is 3.45. The fraction of sp³-hybridized carbons (Fsp3) is 0.611. The van der Waals surface area contributed by atoms with Crippen LogP contribution in [0.2, 0.25) is 0 Å². The highest BCUT2D eigenvalue weighted by molar-refractivity contribution is 5.58. The van der Waals surface area contributed by atoms with Gasteiger partial charge in [-0.1, -0.05) is 19.0 Å². The molecule has 3 heterocycles. The molecule has 0 atom stereocenters. The molecule has 1 fully saturated rings. The van der Waals surface area contributed by atoms with Gasteiger partial charge in [0.2, 0.25) is 5.89 Å². The Morgan fingerprint density at radius 1 is 1.12 bits per heavy atom. The summed E-state index contributed by atoms with van der Waals surface area (Å²) in [5, 5.41) is 22.5. The standard InChI is InChI=1S/C18H25N7O/c1-4-14-15(11-19)18(22-21-16(14)5-2)25-8-6-7-24(9-10-25)12-17-20-13(3)26-23-17/h4-10,12H2,1-3H3. The van der Waals surface area contributed by atoms with Crippen molar-refractivity contribution in [2.45, 2.75) is 46.6 Å². The van der Waals surface area contributed by atoms with Gasteiger partial charge in [-0.15, -0.1) is 5.10 Å². The molecule has 2 aromatic rings. The van der Waals surface area contributed by atoms with Gasteiger partial charge >= 0.3 is 0 Å². The van der Waals surface area contributed by atoms with Gasteiger partial charge in [0, 0.05) is 33.1 Å². The van der Waals surface area contributed by atoms with E-state index in [9.17, 15) is 5.26 Å². The zero-order chi connectivity index (χ0) is 18.5. The van der Waals surface area contributed by atoms with Crippen LogP contribution in [0.15, 0.2) is 4.52 Å². The molecule has 0 bridgehead atoms. The number of nitrogens with zero attached hydrogens (tertiary/aromatic N) is 7. The van der Waals surface area contributed by atoms with Crippen molar-refractivity contribution in [2.75, 3.05) is 31.1 Å². The smallest absolute Gasteiger partial charge is 0.223 e. The number of anilines is 1. The summed E-state index contributed by atoms with van der Waals surface area (Å²) < 4.78 is 5.05. The van der Waals surface area contributed by atoms with Crippen LogP contribution in [-0.2, 0) is 19.4 Å². The van der Waals surface area contributed by atoms with Crippen LogP contribution in [0.5, 0.6) is 0 Å². The van der Waals surface area contributed by atoms with Gasteiger partial charge in [0.05, 0.1) is 12.2 Å². The monoisotopic (exact) mass is 355 g/mol. The first kappa shape index (κ1) is 18.3. The highest BCUT2D eigenvalue weighted by Gasteiger charge is 2.22. The lowest BCUT2D eigenvalue weighted by Crippen LogP contribution is -2.32. The van der Waals surface area contributed by atoms with Crippen LogP contribution in [0, 0.1) is 18.3 Å². The van der Waals surface area contributed by atoms with Crippen LogP contribution < -0.4 is 4.90 Å². The van der Waals surface area contributed by atoms with Crippen molar-refractivity contribution in [1.82, 2.24) is 25.2 Å². The molecule has 3 rings (SSSR count). The number of nitriles is 1. The largest absolute Gasteiger partial charge is 0.353 e. The third kappa shape index (κ3) is 3.83. The second kappa shape index (κ2) is 8.23. The van der Waals surface area contributed by atoms with E-state index in [0.29, 0.717) is 23.8 Å². The number of rotatable bonds is 5. The Balaban J connectivity index is 1.76. The Labute approximate surface area is 153 Å². The van der Waals surface area contributed by atoms with Gasteiger partial charge in [0.1, 0.15) is 11.6 Å². The lowest BCUT2D eigenvalue weighted by Gasteiger charge is -2.24. The Bertz CT molecular complexity index is 795. The van der Waals surface area contributed by atoms with Crippen LogP contribution in [0.4, 0.5) is 5.82 Å². The topological polar surface area (TPSA) is 95.0 Å². The molecule has 8 heteroatoms. The van der Waals surface area contributed by atoms with E-state index in [4.69, 9.17) is 4.52 Å². The van der Waals surface area contributed by atoms with Crippen molar-refractivity contribution < 1.29 is 4.52 Å². The highest BCUT2D eigenvalue weighted by atomic mass is 16.5. The molecule has 0 N–H and O–H groups in total. The summed E-state index contributed by atoms with van der Waals surface area (Å²) in [7, 11) is 0. The van der Waals surface area contributed by atoms with Gasteiger partial charge in [-0.2, -0.15) is 15.3 Å². The number of hydrogen-bond acceptors (Lipinski definition) is 8. The molecular weight excluding hydrogens is 330 g/mol. The van der Waals surface area contributed by atoms with Gasteiger partial charge in [-0.05, 0) is 24.8 Å². The second-order valence-electron chi connectivity index (χ2n) is 6.49. The van der Waals surface area contributed by atoms with E-state index in [2.05, 4.69) is 43.1 Å². The molecular formula is C18H25N7O. The second-order valence-corrected chi connectivity index (χ2v) is 6.49. The maximum atomic E-state index is 9.72. The molecule has 0 aromatic carbocycles. The molecule has 1 aliphatic heterocycles. The third-order valence-electron chi connectivity index (χ3n) is 4.76. The minimum absolute atomic E-state index is 0.591. The van der Waals surface area contributed by atoms with Crippen molar-refractivity contribution in [3.8, 4) is 6.07 Å². The summed E-state index contributed by atoms with van der Waals surface area (Å²) in [6, 6.07) is 2.37. The van der Waals surface area contributed by atoms with Crippen LogP contribution in [0.1, 0.15) is 48.8 Å². The molecule has 1 aliphatic rings. The Morgan fingerprint density at radius 3 is 2.62 bits per heavy atom. The fourth-order valence-corrected chi connectivity index (χ4v) is 3.45. The number of aromatic nitrogens is 4. The maximum absolute atomic E-state index is 9.72. The van der Waals surface area contributed by atoms with Crippen LogP contribution in [0.25, 0.3) is 0 Å². The van der Waals surface area contributed by atoms with Crippen molar-refractivity contribution in [3.63, 3.8) is 0 Å². The summed E-state index contributed by atoms with van der Waals surface area (Å²) in [6.45, 7) is 10.1. The molecule has 0 spiro atoms. The first-order chi connectivity index (χ1) is 12.7. The van der Waals surface area contributed by atoms with Crippen LogP contribution >= 0.6 is 0 Å². The highest BCUT2D eigenvalue weighted by Crippen LogP contribution is 2.24. The van der Waals surface area contributed by atoms with E-state index in [1.54, 1.807) is 6.92 Å². The first-order valence-corrected chi connectivity index (χ1v) is 9.21. The van der Waals surface area contributed by atoms with E-state index in [1.165, 1.54) is 0 Å². The Kier molecular flexibility index (Phi) is 5.78. The quantitative estimate of drug-likeness (QED) is 0.802. The van der Waals surface area contributed by atoms with Gasteiger partial charge in [-0.3, -0.25) is 4.90 Å². The summed E-state index contributed by atoms with van der Waals surface area (Å²) in [5.74, 6) is 2.03.